The average molecular weight is 179 g/mol. The number of nitrogens with one attached hydrogen (secondary N) is 2. The number of hydrogen-bond acceptors (Lipinski definition) is 3. The molecule has 72 valence electrons. The second-order valence-electron chi connectivity index (χ2n) is 2.98. The average Bonchev–Trinajstić information content (AvgIpc) is 2.15. The van der Waals surface area contributed by atoms with Crippen LogP contribution in [0, 0.1) is 0 Å². The molecule has 1 aliphatic heterocycles. The van der Waals surface area contributed by atoms with Gasteiger partial charge in [0.1, 0.15) is 0 Å². The molecular weight excluding hydrogens is 162 g/mol. The summed E-state index contributed by atoms with van der Waals surface area (Å²) in [7, 11) is 0. The lowest BCUT2D eigenvalue weighted by Gasteiger charge is -2.19. The molecule has 0 unspecified atom stereocenters. The Balaban J connectivity index is 2.75. The molecule has 0 bridgehead atoms. The van der Waals surface area contributed by atoms with Crippen molar-refractivity contribution in [2.75, 3.05) is 6.54 Å². The van der Waals surface area contributed by atoms with Gasteiger partial charge in [0, 0.05) is 6.54 Å². The van der Waals surface area contributed by atoms with E-state index in [0.29, 0.717) is 0 Å². The monoisotopic (exact) mass is 179 g/mol. The van der Waals surface area contributed by atoms with Crippen LogP contribution in [0.1, 0.15) is 26.7 Å². The first-order valence-electron chi connectivity index (χ1n) is 4.75. The molecule has 3 heteroatoms. The van der Waals surface area contributed by atoms with E-state index >= 15 is 0 Å². The number of allylic oxidation sites excluding steroid dienone is 1. The number of rotatable bonds is 4. The minimum Gasteiger partial charge on any atom is -0.382 e. The van der Waals surface area contributed by atoms with E-state index in [1.807, 2.05) is 0 Å². The van der Waals surface area contributed by atoms with Crippen LogP contribution in [0.2, 0.25) is 0 Å². The number of hydrogen-bond donors (Lipinski definition) is 2. The fourth-order valence-electron chi connectivity index (χ4n) is 1.23. The summed E-state index contributed by atoms with van der Waals surface area (Å²) in [5.74, 6) is 0. The van der Waals surface area contributed by atoms with Crippen molar-refractivity contribution in [3.8, 4) is 0 Å². The molecule has 1 aliphatic rings. The first-order valence-corrected chi connectivity index (χ1v) is 4.75. The summed E-state index contributed by atoms with van der Waals surface area (Å²) in [6.07, 6.45) is 3.74. The molecule has 0 amide bonds. The van der Waals surface area contributed by atoms with Crippen LogP contribution in [-0.4, -0.2) is 12.9 Å². The molecule has 0 spiro atoms. The normalized spacial score (nSPS) is 16.0. The van der Waals surface area contributed by atoms with Gasteiger partial charge in [-0.25, -0.2) is 4.99 Å². The Labute approximate surface area is 79.6 Å². The van der Waals surface area contributed by atoms with Gasteiger partial charge in [0.2, 0.25) is 0 Å². The van der Waals surface area contributed by atoms with E-state index in [1.165, 1.54) is 0 Å². The Bertz CT molecular complexity index is 251. The van der Waals surface area contributed by atoms with Gasteiger partial charge in [0.25, 0.3) is 0 Å². The maximum Gasteiger partial charge on any atom is 0.0927 e. The van der Waals surface area contributed by atoms with E-state index in [2.05, 4.69) is 36.1 Å². The zero-order chi connectivity index (χ0) is 9.68. The molecule has 0 saturated carbocycles. The minimum atomic E-state index is 0.917. The molecule has 3 nitrogen and oxygen atoms in total. The fourth-order valence-corrected chi connectivity index (χ4v) is 1.23. The maximum absolute atomic E-state index is 4.25. The first kappa shape index (κ1) is 9.84. The Hall–Kier alpha value is -1.25. The summed E-state index contributed by atoms with van der Waals surface area (Å²) < 4.78 is 0. The van der Waals surface area contributed by atoms with Crippen LogP contribution in [0.25, 0.3) is 0 Å². The van der Waals surface area contributed by atoms with Crippen LogP contribution >= 0.6 is 0 Å². The second-order valence-corrected chi connectivity index (χ2v) is 2.98. The zero-order valence-electron chi connectivity index (χ0n) is 8.35. The van der Waals surface area contributed by atoms with Crippen LogP contribution in [0.5, 0.6) is 0 Å². The van der Waals surface area contributed by atoms with Crippen molar-refractivity contribution >= 4 is 6.34 Å². The number of nitrogens with zero attached hydrogens (tertiary/aromatic N) is 1. The lowest BCUT2D eigenvalue weighted by atomic mass is 10.2. The standard InChI is InChI=1S/C10H17N3/c1-4-6-11-10-8(3)12-7-13-9(10)5-2/h7,11H,3-6H2,1-2H3,(H,12,13). The van der Waals surface area contributed by atoms with Crippen molar-refractivity contribution < 1.29 is 0 Å². The topological polar surface area (TPSA) is 36.4 Å². The molecule has 0 aliphatic carbocycles. The Kier molecular flexibility index (Phi) is 3.55. The van der Waals surface area contributed by atoms with Crippen LogP contribution in [0.15, 0.2) is 28.7 Å². The summed E-state index contributed by atoms with van der Waals surface area (Å²) in [5, 5.41) is 6.32. The fraction of sp³-hybridized carbons (Fsp3) is 0.500. The molecule has 1 heterocycles. The summed E-state index contributed by atoms with van der Waals surface area (Å²) in [4.78, 5) is 4.25. The quantitative estimate of drug-likeness (QED) is 0.690. The molecule has 0 fully saturated rings. The van der Waals surface area contributed by atoms with Crippen LogP contribution in [0.4, 0.5) is 0 Å². The van der Waals surface area contributed by atoms with Gasteiger partial charge in [-0.3, -0.25) is 0 Å². The Morgan fingerprint density at radius 2 is 2.31 bits per heavy atom. The third kappa shape index (κ3) is 2.34. The highest BCUT2D eigenvalue weighted by Crippen LogP contribution is 2.15. The van der Waals surface area contributed by atoms with Crippen molar-refractivity contribution in [2.45, 2.75) is 26.7 Å². The summed E-state index contributed by atoms with van der Waals surface area (Å²) in [6, 6.07) is 0. The second kappa shape index (κ2) is 4.70. The van der Waals surface area contributed by atoms with Crippen molar-refractivity contribution in [3.05, 3.63) is 23.7 Å². The predicted octanol–water partition coefficient (Wildman–Crippen LogP) is 1.75. The number of aliphatic imine (C=N–C) groups is 1. The van der Waals surface area contributed by atoms with E-state index in [4.69, 9.17) is 0 Å². The van der Waals surface area contributed by atoms with Crippen molar-refractivity contribution in [1.29, 1.82) is 0 Å². The minimum absolute atomic E-state index is 0.917. The van der Waals surface area contributed by atoms with Crippen LogP contribution in [-0.2, 0) is 0 Å². The maximum atomic E-state index is 4.25. The predicted molar refractivity (Wildman–Crippen MR) is 56.4 cm³/mol. The molecule has 0 aromatic rings. The van der Waals surface area contributed by atoms with Gasteiger partial charge in [-0.1, -0.05) is 20.4 Å². The molecule has 0 atom stereocenters. The first-order chi connectivity index (χ1) is 6.29. The molecular formula is C10H17N3. The van der Waals surface area contributed by atoms with Crippen molar-refractivity contribution in [1.82, 2.24) is 10.6 Å². The lowest BCUT2D eigenvalue weighted by molar-refractivity contribution is 0.745. The zero-order valence-corrected chi connectivity index (χ0v) is 8.35. The smallest absolute Gasteiger partial charge is 0.0927 e. The lowest BCUT2D eigenvalue weighted by Crippen LogP contribution is -2.26. The Morgan fingerprint density at radius 1 is 1.54 bits per heavy atom. The van der Waals surface area contributed by atoms with Gasteiger partial charge in [0.05, 0.1) is 23.4 Å². The Morgan fingerprint density at radius 3 is 2.92 bits per heavy atom. The highest BCUT2D eigenvalue weighted by molar-refractivity contribution is 5.64. The van der Waals surface area contributed by atoms with Gasteiger partial charge < -0.3 is 10.6 Å². The van der Waals surface area contributed by atoms with E-state index in [1.54, 1.807) is 6.34 Å². The molecule has 2 N–H and O–H groups in total. The molecule has 1 rings (SSSR count). The molecule has 0 radical (unpaired) electrons. The summed E-state index contributed by atoms with van der Waals surface area (Å²) in [5.41, 5.74) is 3.06. The van der Waals surface area contributed by atoms with Gasteiger partial charge in [-0.05, 0) is 12.8 Å². The van der Waals surface area contributed by atoms with E-state index in [9.17, 15) is 0 Å². The van der Waals surface area contributed by atoms with Gasteiger partial charge >= 0.3 is 0 Å². The molecule has 0 aromatic heterocycles. The molecule has 0 saturated heterocycles. The largest absolute Gasteiger partial charge is 0.382 e. The third-order valence-corrected chi connectivity index (χ3v) is 1.94. The molecule has 13 heavy (non-hydrogen) atoms. The van der Waals surface area contributed by atoms with Crippen molar-refractivity contribution in [2.24, 2.45) is 4.99 Å². The highest BCUT2D eigenvalue weighted by Gasteiger charge is 2.10. The highest BCUT2D eigenvalue weighted by atomic mass is 15.1. The van der Waals surface area contributed by atoms with Crippen LogP contribution < -0.4 is 10.6 Å². The van der Waals surface area contributed by atoms with E-state index in [0.717, 1.165) is 36.5 Å². The van der Waals surface area contributed by atoms with Gasteiger partial charge in [-0.15, -0.1) is 0 Å². The summed E-state index contributed by atoms with van der Waals surface area (Å²) >= 11 is 0. The third-order valence-electron chi connectivity index (χ3n) is 1.94. The van der Waals surface area contributed by atoms with E-state index in [-0.39, 0.29) is 0 Å². The van der Waals surface area contributed by atoms with Gasteiger partial charge in [0.15, 0.2) is 0 Å². The SMILES string of the molecule is C=C1NC=NC(CC)=C1NCCC. The molecule has 0 aromatic carbocycles. The van der Waals surface area contributed by atoms with Gasteiger partial charge in [-0.2, -0.15) is 0 Å². The van der Waals surface area contributed by atoms with Crippen LogP contribution in [0.3, 0.4) is 0 Å². The summed E-state index contributed by atoms with van der Waals surface area (Å²) in [6.45, 7) is 9.13. The van der Waals surface area contributed by atoms with E-state index < -0.39 is 0 Å². The van der Waals surface area contributed by atoms with Crippen molar-refractivity contribution in [3.63, 3.8) is 0 Å².